The lowest BCUT2D eigenvalue weighted by atomic mass is 9.79. The molecule has 2 aromatic carbocycles. The van der Waals surface area contributed by atoms with E-state index in [1.165, 1.54) is 0 Å². The van der Waals surface area contributed by atoms with Gasteiger partial charge in [0, 0.05) is 37.1 Å². The third-order valence-corrected chi connectivity index (χ3v) is 6.20. The number of anilines is 1. The highest BCUT2D eigenvalue weighted by Crippen LogP contribution is 2.50. The second kappa shape index (κ2) is 10.8. The number of fused-ring (bicyclic) bond motifs is 3. The number of carbonyl (C=O) groups is 2. The predicted octanol–water partition coefficient (Wildman–Crippen LogP) is 4.36. The first-order valence-electron chi connectivity index (χ1n) is 12.5. The molecule has 2 aliphatic heterocycles. The Morgan fingerprint density at radius 1 is 1.22 bits per heavy atom. The summed E-state index contributed by atoms with van der Waals surface area (Å²) >= 11 is 0. The van der Waals surface area contributed by atoms with Crippen LogP contribution in [-0.2, 0) is 19.1 Å². The molecule has 0 aliphatic carbocycles. The van der Waals surface area contributed by atoms with Crippen LogP contribution in [0.15, 0.2) is 66.2 Å². The van der Waals surface area contributed by atoms with Crippen LogP contribution in [0.1, 0.15) is 57.3 Å². The molecule has 0 saturated heterocycles. The highest BCUT2D eigenvalue weighted by atomic mass is 16.6. The Kier molecular flexibility index (Phi) is 7.68. The van der Waals surface area contributed by atoms with Crippen molar-refractivity contribution in [2.75, 3.05) is 24.7 Å². The topological polar surface area (TPSA) is 97.7 Å². The van der Waals surface area contributed by atoms with E-state index in [1.807, 2.05) is 57.2 Å². The smallest absolute Gasteiger partial charge is 0.306 e. The van der Waals surface area contributed by atoms with Gasteiger partial charge in [-0.1, -0.05) is 24.3 Å². The Morgan fingerprint density at radius 3 is 2.62 bits per heavy atom. The number of carbonyl (C=O) groups excluding carboxylic acids is 2. The summed E-state index contributed by atoms with van der Waals surface area (Å²) in [7, 11) is 0. The zero-order valence-electron chi connectivity index (χ0n) is 21.6. The molecular formula is C29H34N2O6. The van der Waals surface area contributed by atoms with Crippen LogP contribution in [0.25, 0.3) is 0 Å². The van der Waals surface area contributed by atoms with E-state index in [0.29, 0.717) is 36.8 Å². The van der Waals surface area contributed by atoms with E-state index in [2.05, 4.69) is 6.58 Å². The Labute approximate surface area is 217 Å². The maximum Gasteiger partial charge on any atom is 0.306 e. The van der Waals surface area contributed by atoms with Gasteiger partial charge in [0.1, 0.15) is 11.4 Å². The maximum atomic E-state index is 14.1. The van der Waals surface area contributed by atoms with Crippen molar-refractivity contribution in [1.82, 2.24) is 0 Å². The molecule has 2 aromatic rings. The van der Waals surface area contributed by atoms with E-state index in [-0.39, 0.29) is 25.4 Å². The first-order valence-corrected chi connectivity index (χ1v) is 12.5. The van der Waals surface area contributed by atoms with Gasteiger partial charge in [0.25, 0.3) is 5.91 Å². The van der Waals surface area contributed by atoms with Crippen LogP contribution in [-0.4, -0.2) is 53.8 Å². The van der Waals surface area contributed by atoms with Crippen molar-refractivity contribution in [2.45, 2.75) is 57.3 Å². The van der Waals surface area contributed by atoms with Crippen molar-refractivity contribution < 1.29 is 28.9 Å². The summed E-state index contributed by atoms with van der Waals surface area (Å²) in [5.41, 5.74) is 0.319. The molecule has 0 bridgehead atoms. The SMILES string of the molecule is C=CCN1C(=O)[C@]2(CCC(=O)OC(C)(C)C)N=C(c3ccc(OCCCO)cc3)O[C@@H]2c2ccccc21. The number of benzene rings is 2. The molecule has 0 aromatic heterocycles. The van der Waals surface area contributed by atoms with Crippen molar-refractivity contribution in [3.05, 3.63) is 72.3 Å². The van der Waals surface area contributed by atoms with Gasteiger partial charge in [0.15, 0.2) is 11.6 Å². The third-order valence-electron chi connectivity index (χ3n) is 6.20. The molecule has 37 heavy (non-hydrogen) atoms. The number of nitrogens with zero attached hydrogens (tertiary/aromatic N) is 2. The molecule has 4 rings (SSSR count). The molecule has 0 saturated carbocycles. The van der Waals surface area contributed by atoms with E-state index in [0.717, 1.165) is 11.3 Å². The monoisotopic (exact) mass is 506 g/mol. The van der Waals surface area contributed by atoms with Crippen molar-refractivity contribution in [2.24, 2.45) is 4.99 Å². The minimum absolute atomic E-state index is 0.0153. The minimum Gasteiger partial charge on any atom is -0.494 e. The van der Waals surface area contributed by atoms with Gasteiger partial charge in [0.2, 0.25) is 5.90 Å². The summed E-state index contributed by atoms with van der Waals surface area (Å²) < 4.78 is 17.5. The maximum absolute atomic E-state index is 14.1. The first-order chi connectivity index (χ1) is 17.7. The summed E-state index contributed by atoms with van der Waals surface area (Å²) in [6.45, 7) is 10.0. The molecule has 0 spiro atoms. The molecule has 1 amide bonds. The highest BCUT2D eigenvalue weighted by Gasteiger charge is 2.58. The molecule has 8 nitrogen and oxygen atoms in total. The molecule has 196 valence electrons. The molecule has 0 unspecified atom stereocenters. The number of hydrogen-bond acceptors (Lipinski definition) is 7. The van der Waals surface area contributed by atoms with Crippen molar-refractivity contribution >= 4 is 23.5 Å². The third kappa shape index (κ3) is 5.54. The van der Waals surface area contributed by atoms with E-state index < -0.39 is 23.2 Å². The molecular weight excluding hydrogens is 472 g/mol. The average molecular weight is 507 g/mol. The van der Waals surface area contributed by atoms with E-state index in [1.54, 1.807) is 23.1 Å². The van der Waals surface area contributed by atoms with E-state index in [4.69, 9.17) is 24.3 Å². The van der Waals surface area contributed by atoms with Crippen molar-refractivity contribution in [3.8, 4) is 5.75 Å². The molecule has 2 heterocycles. The Morgan fingerprint density at radius 2 is 1.95 bits per heavy atom. The summed E-state index contributed by atoms with van der Waals surface area (Å²) in [5, 5.41) is 8.96. The Hall–Kier alpha value is -3.65. The number of amides is 1. The lowest BCUT2D eigenvalue weighted by Gasteiger charge is -2.41. The van der Waals surface area contributed by atoms with Crippen molar-refractivity contribution in [1.29, 1.82) is 0 Å². The number of aliphatic imine (C=N–C) groups is 1. The fourth-order valence-electron chi connectivity index (χ4n) is 4.62. The predicted molar refractivity (Wildman–Crippen MR) is 141 cm³/mol. The molecule has 2 atom stereocenters. The minimum atomic E-state index is -1.32. The number of aliphatic hydroxyl groups is 1. The fourth-order valence-corrected chi connectivity index (χ4v) is 4.62. The van der Waals surface area contributed by atoms with Crippen molar-refractivity contribution in [3.63, 3.8) is 0 Å². The number of esters is 1. The zero-order valence-corrected chi connectivity index (χ0v) is 21.6. The number of rotatable bonds is 10. The zero-order chi connectivity index (χ0) is 26.6. The normalized spacial score (nSPS) is 20.4. The van der Waals surface area contributed by atoms with Crippen LogP contribution < -0.4 is 9.64 Å². The fraction of sp³-hybridized carbons (Fsp3) is 0.414. The molecule has 1 N–H and O–H groups in total. The second-order valence-corrected chi connectivity index (χ2v) is 10.1. The summed E-state index contributed by atoms with van der Waals surface area (Å²) in [4.78, 5) is 33.3. The number of para-hydroxylation sites is 1. The van der Waals surface area contributed by atoms with Crippen LogP contribution in [0.2, 0.25) is 0 Å². The average Bonchev–Trinajstić information content (AvgIpc) is 3.26. The molecule has 2 aliphatic rings. The van der Waals surface area contributed by atoms with E-state index in [9.17, 15) is 9.59 Å². The number of hydrogen-bond donors (Lipinski definition) is 1. The van der Waals surface area contributed by atoms with Gasteiger partial charge in [-0.2, -0.15) is 0 Å². The molecule has 0 radical (unpaired) electrons. The van der Waals surface area contributed by atoms with Crippen LogP contribution >= 0.6 is 0 Å². The quantitative estimate of drug-likeness (QED) is 0.292. The lowest BCUT2D eigenvalue weighted by Crippen LogP contribution is -2.54. The Balaban J connectivity index is 1.70. The largest absolute Gasteiger partial charge is 0.494 e. The standard InChI is InChI=1S/C29H34N2O6/c1-5-17-31-23-10-7-6-9-22(23)25-29(27(31)34,16-15-24(33)37-28(2,3)4)30-26(36-25)20-11-13-21(14-12-20)35-19-8-18-32/h5-7,9-14,25,32H,1,8,15-19H2,2-4H3/t25-,29-/m1/s1. The van der Waals surface area contributed by atoms with Crippen LogP contribution in [0.4, 0.5) is 5.69 Å². The summed E-state index contributed by atoms with van der Waals surface area (Å²) in [6.07, 6.45) is 1.69. The van der Waals surface area contributed by atoms with Crippen LogP contribution in [0, 0.1) is 0 Å². The lowest BCUT2D eigenvalue weighted by molar-refractivity contribution is -0.155. The first kappa shape index (κ1) is 26.4. The molecule has 0 fully saturated rings. The molecule has 8 heteroatoms. The second-order valence-electron chi connectivity index (χ2n) is 10.1. The number of aliphatic hydroxyl groups excluding tert-OH is 1. The van der Waals surface area contributed by atoms with E-state index >= 15 is 0 Å². The number of ether oxygens (including phenoxy) is 3. The van der Waals surface area contributed by atoms with Crippen LogP contribution in [0.5, 0.6) is 5.75 Å². The van der Waals surface area contributed by atoms with Gasteiger partial charge in [0.05, 0.1) is 12.3 Å². The van der Waals surface area contributed by atoms with Gasteiger partial charge >= 0.3 is 5.97 Å². The van der Waals surface area contributed by atoms with Gasteiger partial charge in [-0.15, -0.1) is 6.58 Å². The van der Waals surface area contributed by atoms with Gasteiger partial charge < -0.3 is 24.2 Å². The van der Waals surface area contributed by atoms with Gasteiger partial charge in [-0.25, -0.2) is 4.99 Å². The van der Waals surface area contributed by atoms with Gasteiger partial charge in [-0.3, -0.25) is 9.59 Å². The Bertz CT molecular complexity index is 1180. The summed E-state index contributed by atoms with van der Waals surface area (Å²) in [5.74, 6) is 0.361. The van der Waals surface area contributed by atoms with Crippen LogP contribution in [0.3, 0.4) is 0 Å². The summed E-state index contributed by atoms with van der Waals surface area (Å²) in [6, 6.07) is 14.8. The van der Waals surface area contributed by atoms with Gasteiger partial charge in [-0.05, 0) is 57.5 Å². The highest BCUT2D eigenvalue weighted by molar-refractivity contribution is 6.09.